The maximum atomic E-state index is 10.0. The van der Waals surface area contributed by atoms with Crippen LogP contribution in [0.2, 0.25) is 0 Å². The molecule has 1 unspecified atom stereocenters. The molecule has 10 heavy (non-hydrogen) atoms. The highest BCUT2D eigenvalue weighted by Crippen LogP contribution is 1.82. The predicted molar refractivity (Wildman–Crippen MR) is 36.8 cm³/mol. The van der Waals surface area contributed by atoms with E-state index in [2.05, 4.69) is 5.32 Å². The minimum absolute atomic E-state index is 0.104. The molecule has 0 aromatic carbocycles. The first-order valence-electron chi connectivity index (χ1n) is 3.18. The number of carbonyl (C=O) groups is 1. The summed E-state index contributed by atoms with van der Waals surface area (Å²) in [6.45, 7) is 3.87. The van der Waals surface area contributed by atoms with Crippen molar-refractivity contribution in [2.24, 2.45) is 0 Å². The highest BCUT2D eigenvalue weighted by molar-refractivity contribution is 5.72. The van der Waals surface area contributed by atoms with Crippen molar-refractivity contribution in [3.8, 4) is 0 Å². The van der Waals surface area contributed by atoms with E-state index in [0.717, 1.165) is 0 Å². The lowest BCUT2D eigenvalue weighted by molar-refractivity contribution is -0.146. The van der Waals surface area contributed by atoms with Gasteiger partial charge < -0.3 is 15.5 Å². The van der Waals surface area contributed by atoms with Gasteiger partial charge in [-0.25, -0.2) is 4.79 Å². The summed E-state index contributed by atoms with van der Waals surface area (Å²) < 4.78 is 0. The number of hydrogen-bond acceptors (Lipinski definition) is 3. The molecular weight excluding hydrogens is 134 g/mol. The van der Waals surface area contributed by atoms with Crippen molar-refractivity contribution in [2.45, 2.75) is 26.0 Å². The first-order chi connectivity index (χ1) is 4.54. The summed E-state index contributed by atoms with van der Waals surface area (Å²) in [6.07, 6.45) is -1.29. The average Bonchev–Trinajstić information content (AvgIpc) is 1.82. The summed E-state index contributed by atoms with van der Waals surface area (Å²) >= 11 is 0. The van der Waals surface area contributed by atoms with E-state index >= 15 is 0 Å². The Bertz CT molecular complexity index is 114. The molecule has 0 heterocycles. The van der Waals surface area contributed by atoms with Crippen LogP contribution in [0, 0.1) is 0 Å². The smallest absolute Gasteiger partial charge is 0.333 e. The Morgan fingerprint density at radius 3 is 2.40 bits per heavy atom. The van der Waals surface area contributed by atoms with Gasteiger partial charge in [0, 0.05) is 12.6 Å². The summed E-state index contributed by atoms with van der Waals surface area (Å²) in [5.41, 5.74) is 0. The standard InChI is InChI=1S/C6H13NO3/c1-4(2)7-3-5(8)6(9)10/h4-5,7-8H,3H2,1-2H3,(H,9,10). The number of carboxylic acids is 1. The number of aliphatic hydroxyl groups is 1. The third-order valence-corrected chi connectivity index (χ3v) is 1.00. The molecule has 0 radical (unpaired) electrons. The van der Waals surface area contributed by atoms with Crippen molar-refractivity contribution in [2.75, 3.05) is 6.54 Å². The fourth-order valence-corrected chi connectivity index (χ4v) is 0.435. The van der Waals surface area contributed by atoms with Gasteiger partial charge in [-0.2, -0.15) is 0 Å². The van der Waals surface area contributed by atoms with Gasteiger partial charge in [0.25, 0.3) is 0 Å². The molecule has 60 valence electrons. The maximum absolute atomic E-state index is 10.0. The van der Waals surface area contributed by atoms with Crippen LogP contribution in [0.3, 0.4) is 0 Å². The fraction of sp³-hybridized carbons (Fsp3) is 0.833. The van der Waals surface area contributed by atoms with E-state index in [0.29, 0.717) is 0 Å². The Morgan fingerprint density at radius 1 is 1.60 bits per heavy atom. The lowest BCUT2D eigenvalue weighted by atomic mass is 10.3. The summed E-state index contributed by atoms with van der Waals surface area (Å²) in [7, 11) is 0. The molecule has 0 rings (SSSR count). The van der Waals surface area contributed by atoms with Gasteiger partial charge in [-0.15, -0.1) is 0 Å². The Balaban J connectivity index is 3.40. The third kappa shape index (κ3) is 4.29. The average molecular weight is 147 g/mol. The van der Waals surface area contributed by atoms with Crippen molar-refractivity contribution in [3.05, 3.63) is 0 Å². The van der Waals surface area contributed by atoms with Crippen molar-refractivity contribution in [3.63, 3.8) is 0 Å². The van der Waals surface area contributed by atoms with Crippen molar-refractivity contribution >= 4 is 5.97 Å². The van der Waals surface area contributed by atoms with E-state index in [4.69, 9.17) is 10.2 Å². The zero-order valence-corrected chi connectivity index (χ0v) is 6.16. The molecule has 0 amide bonds. The molecule has 0 aromatic rings. The molecular formula is C6H13NO3. The van der Waals surface area contributed by atoms with Crippen LogP contribution in [0.4, 0.5) is 0 Å². The molecule has 3 N–H and O–H groups in total. The zero-order chi connectivity index (χ0) is 8.15. The molecule has 1 atom stereocenters. The van der Waals surface area contributed by atoms with Gasteiger partial charge in [-0.05, 0) is 0 Å². The number of rotatable bonds is 4. The van der Waals surface area contributed by atoms with Gasteiger partial charge in [0.15, 0.2) is 6.10 Å². The Morgan fingerprint density at radius 2 is 2.10 bits per heavy atom. The molecule has 0 saturated heterocycles. The summed E-state index contributed by atoms with van der Waals surface area (Å²) in [4.78, 5) is 10.0. The molecule has 0 aliphatic rings. The Labute approximate surface area is 59.9 Å². The number of aliphatic carboxylic acids is 1. The molecule has 0 saturated carbocycles. The number of carboxylic acid groups (broad SMARTS) is 1. The molecule has 0 aliphatic carbocycles. The molecule has 4 nitrogen and oxygen atoms in total. The van der Waals surface area contributed by atoms with E-state index in [9.17, 15) is 4.79 Å². The van der Waals surface area contributed by atoms with Crippen LogP contribution in [0.15, 0.2) is 0 Å². The highest BCUT2D eigenvalue weighted by atomic mass is 16.4. The molecule has 0 bridgehead atoms. The topological polar surface area (TPSA) is 69.6 Å². The van der Waals surface area contributed by atoms with Crippen LogP contribution in [0.5, 0.6) is 0 Å². The molecule has 0 aliphatic heterocycles. The van der Waals surface area contributed by atoms with E-state index in [1.54, 1.807) is 0 Å². The third-order valence-electron chi connectivity index (χ3n) is 1.00. The van der Waals surface area contributed by atoms with Gasteiger partial charge in [0.05, 0.1) is 0 Å². The Hall–Kier alpha value is -0.610. The minimum atomic E-state index is -1.29. The van der Waals surface area contributed by atoms with Crippen molar-refractivity contribution in [1.29, 1.82) is 0 Å². The highest BCUT2D eigenvalue weighted by Gasteiger charge is 2.11. The molecule has 0 fully saturated rings. The fourth-order valence-electron chi connectivity index (χ4n) is 0.435. The number of nitrogens with one attached hydrogen (secondary N) is 1. The van der Waals surface area contributed by atoms with Crippen LogP contribution in [0.25, 0.3) is 0 Å². The van der Waals surface area contributed by atoms with E-state index in [-0.39, 0.29) is 12.6 Å². The SMILES string of the molecule is CC(C)NCC(O)C(=O)O. The first-order valence-corrected chi connectivity index (χ1v) is 3.18. The quantitative estimate of drug-likeness (QED) is 0.498. The van der Waals surface area contributed by atoms with E-state index in [1.165, 1.54) is 0 Å². The van der Waals surface area contributed by atoms with Crippen LogP contribution in [-0.4, -0.2) is 34.9 Å². The number of aliphatic hydroxyl groups excluding tert-OH is 1. The summed E-state index contributed by atoms with van der Waals surface area (Å²) in [6, 6.07) is 0.203. The van der Waals surface area contributed by atoms with Gasteiger partial charge in [0.1, 0.15) is 0 Å². The zero-order valence-electron chi connectivity index (χ0n) is 6.16. The van der Waals surface area contributed by atoms with Crippen molar-refractivity contribution < 1.29 is 15.0 Å². The molecule has 0 aromatic heterocycles. The summed E-state index contributed by atoms with van der Waals surface area (Å²) in [5, 5.41) is 19.7. The van der Waals surface area contributed by atoms with Crippen LogP contribution in [0.1, 0.15) is 13.8 Å². The normalized spacial score (nSPS) is 13.6. The predicted octanol–water partition coefficient (Wildman–Crippen LogP) is -0.570. The van der Waals surface area contributed by atoms with Gasteiger partial charge in [0.2, 0.25) is 0 Å². The molecule has 4 heteroatoms. The van der Waals surface area contributed by atoms with Crippen molar-refractivity contribution in [1.82, 2.24) is 5.32 Å². The van der Waals surface area contributed by atoms with E-state index in [1.807, 2.05) is 13.8 Å². The second-order valence-corrected chi connectivity index (χ2v) is 2.42. The van der Waals surface area contributed by atoms with E-state index < -0.39 is 12.1 Å². The van der Waals surface area contributed by atoms with Crippen LogP contribution in [-0.2, 0) is 4.79 Å². The Kier molecular flexibility index (Phi) is 3.99. The lowest BCUT2D eigenvalue weighted by Crippen LogP contribution is -2.36. The lowest BCUT2D eigenvalue weighted by Gasteiger charge is -2.09. The monoisotopic (exact) mass is 147 g/mol. The van der Waals surface area contributed by atoms with Crippen LogP contribution < -0.4 is 5.32 Å². The largest absolute Gasteiger partial charge is 0.479 e. The minimum Gasteiger partial charge on any atom is -0.479 e. The maximum Gasteiger partial charge on any atom is 0.333 e. The van der Waals surface area contributed by atoms with Gasteiger partial charge in [-0.3, -0.25) is 0 Å². The summed E-state index contributed by atoms with van der Waals surface area (Å²) in [5.74, 6) is -1.19. The second-order valence-electron chi connectivity index (χ2n) is 2.42. The molecule has 0 spiro atoms. The number of hydrogen-bond donors (Lipinski definition) is 3. The second kappa shape index (κ2) is 4.24. The first kappa shape index (κ1) is 9.39. The van der Waals surface area contributed by atoms with Gasteiger partial charge in [-0.1, -0.05) is 13.8 Å². The van der Waals surface area contributed by atoms with Gasteiger partial charge >= 0.3 is 5.97 Å². The van der Waals surface area contributed by atoms with Crippen LogP contribution >= 0.6 is 0 Å².